The maximum absolute atomic E-state index is 12.8. The zero-order valence-electron chi connectivity index (χ0n) is 16.4. The highest BCUT2D eigenvalue weighted by molar-refractivity contribution is 5.84. The third kappa shape index (κ3) is 5.61. The molecular formula is C20H30F3NO3. The number of phenols is 1. The van der Waals surface area contributed by atoms with Crippen LogP contribution in [-0.2, 0) is 11.2 Å². The van der Waals surface area contributed by atoms with Gasteiger partial charge in [0.05, 0.1) is 0 Å². The molecule has 1 aromatic carbocycles. The highest BCUT2D eigenvalue weighted by Gasteiger charge is 2.57. The maximum Gasteiger partial charge on any atom is 0.426 e. The van der Waals surface area contributed by atoms with E-state index < -0.39 is 24.1 Å². The molecule has 0 saturated heterocycles. The molecule has 154 valence electrons. The van der Waals surface area contributed by atoms with Crippen LogP contribution < -0.4 is 5.73 Å². The minimum Gasteiger partial charge on any atom is -0.507 e. The summed E-state index contributed by atoms with van der Waals surface area (Å²) in [7, 11) is 0. The fourth-order valence-corrected chi connectivity index (χ4v) is 3.06. The number of hydrogen-bond acceptors (Lipinski definition) is 3. The van der Waals surface area contributed by atoms with Gasteiger partial charge >= 0.3 is 6.18 Å². The van der Waals surface area contributed by atoms with Crippen molar-refractivity contribution < 1.29 is 28.2 Å². The van der Waals surface area contributed by atoms with Gasteiger partial charge in [-0.05, 0) is 54.2 Å². The van der Waals surface area contributed by atoms with Gasteiger partial charge in [0.1, 0.15) is 5.75 Å². The lowest BCUT2D eigenvalue weighted by atomic mass is 9.89. The molecule has 4 N–H and O–H groups in total. The van der Waals surface area contributed by atoms with Crippen molar-refractivity contribution in [2.75, 3.05) is 0 Å². The molecular weight excluding hydrogens is 359 g/mol. The van der Waals surface area contributed by atoms with Gasteiger partial charge in [0.2, 0.25) is 5.60 Å². The first-order chi connectivity index (χ1) is 12.3. The molecule has 4 nitrogen and oxygen atoms in total. The molecule has 27 heavy (non-hydrogen) atoms. The molecule has 0 aliphatic carbocycles. The summed E-state index contributed by atoms with van der Waals surface area (Å²) in [6.45, 7) is 7.96. The van der Waals surface area contributed by atoms with Crippen molar-refractivity contribution in [2.45, 2.75) is 83.4 Å². The number of nitrogens with two attached hydrogens (primary N) is 1. The van der Waals surface area contributed by atoms with Gasteiger partial charge in [-0.3, -0.25) is 4.79 Å². The average Bonchev–Trinajstić information content (AvgIpc) is 2.53. The number of aromatic hydroxyl groups is 1. The number of rotatable bonds is 9. The van der Waals surface area contributed by atoms with E-state index in [1.54, 1.807) is 0 Å². The number of carbonyl (C=O) groups is 1. The Hall–Kier alpha value is -1.76. The van der Waals surface area contributed by atoms with Crippen molar-refractivity contribution in [3.8, 4) is 5.75 Å². The molecule has 0 spiro atoms. The van der Waals surface area contributed by atoms with Gasteiger partial charge in [0.15, 0.2) is 0 Å². The second-order valence-corrected chi connectivity index (χ2v) is 7.72. The second kappa shape index (κ2) is 8.95. The molecule has 1 aromatic rings. The smallest absolute Gasteiger partial charge is 0.426 e. The van der Waals surface area contributed by atoms with Gasteiger partial charge in [-0.1, -0.05) is 46.2 Å². The molecule has 0 bridgehead atoms. The van der Waals surface area contributed by atoms with E-state index in [1.165, 1.54) is 0 Å². The van der Waals surface area contributed by atoms with Crippen LogP contribution in [0.4, 0.5) is 13.2 Å². The monoisotopic (exact) mass is 389 g/mol. The van der Waals surface area contributed by atoms with Crippen molar-refractivity contribution in [3.05, 3.63) is 28.8 Å². The SMILES string of the molecule is CC(C)c1cc(CCCCCC(O)(C(N)=O)C(F)(F)F)cc(C(C)C)c1O. The number of aryl methyl sites for hydroxylation is 1. The molecule has 7 heteroatoms. The van der Waals surface area contributed by atoms with Gasteiger partial charge in [-0.15, -0.1) is 0 Å². The van der Waals surface area contributed by atoms with Gasteiger partial charge in [0.25, 0.3) is 5.91 Å². The molecule has 0 radical (unpaired) electrons. The highest BCUT2D eigenvalue weighted by atomic mass is 19.4. The number of halogens is 3. The number of alkyl halides is 3. The molecule has 0 aliphatic heterocycles. The first-order valence-corrected chi connectivity index (χ1v) is 9.26. The zero-order chi connectivity index (χ0) is 21.0. The standard InChI is InChI=1S/C20H30F3NO3/c1-12(2)15-10-14(11-16(13(3)4)17(15)25)8-6-5-7-9-19(27,18(24)26)20(21,22)23/h10-13,25,27H,5-9H2,1-4H3,(H2,24,26). The number of primary amides is 1. The summed E-state index contributed by atoms with van der Waals surface area (Å²) in [6.07, 6.45) is -4.12. The summed E-state index contributed by atoms with van der Waals surface area (Å²) in [5.74, 6) is -1.16. The van der Waals surface area contributed by atoms with Crippen LogP contribution in [0.25, 0.3) is 0 Å². The molecule has 1 amide bonds. The molecule has 0 aromatic heterocycles. The molecule has 0 fully saturated rings. The number of phenolic OH excluding ortho intramolecular Hbond substituents is 1. The number of aliphatic hydroxyl groups is 1. The maximum atomic E-state index is 12.8. The Morgan fingerprint density at radius 2 is 1.52 bits per heavy atom. The normalized spacial score (nSPS) is 14.6. The first kappa shape index (κ1) is 23.3. The predicted octanol–water partition coefficient (Wildman–Crippen LogP) is 4.52. The zero-order valence-corrected chi connectivity index (χ0v) is 16.4. The number of amides is 1. The molecule has 0 aliphatic rings. The van der Waals surface area contributed by atoms with E-state index in [1.807, 2.05) is 39.8 Å². The Bertz CT molecular complexity index is 627. The fourth-order valence-electron chi connectivity index (χ4n) is 3.06. The quantitative estimate of drug-likeness (QED) is 0.543. The number of benzene rings is 1. The highest BCUT2D eigenvalue weighted by Crippen LogP contribution is 2.36. The summed E-state index contributed by atoms with van der Waals surface area (Å²) < 4.78 is 38.5. The Labute approximate surface area is 158 Å². The third-order valence-corrected chi connectivity index (χ3v) is 4.85. The predicted molar refractivity (Wildman–Crippen MR) is 98.7 cm³/mol. The molecule has 1 rings (SSSR count). The van der Waals surface area contributed by atoms with Crippen LogP contribution in [0.2, 0.25) is 0 Å². The average molecular weight is 389 g/mol. The van der Waals surface area contributed by atoms with Crippen molar-refractivity contribution in [1.82, 2.24) is 0 Å². The topological polar surface area (TPSA) is 83.5 Å². The van der Waals surface area contributed by atoms with E-state index in [-0.39, 0.29) is 18.3 Å². The van der Waals surface area contributed by atoms with Gasteiger partial charge in [0, 0.05) is 0 Å². The Balaban J connectivity index is 2.73. The molecule has 0 heterocycles. The van der Waals surface area contributed by atoms with Crippen LogP contribution in [-0.4, -0.2) is 27.9 Å². The van der Waals surface area contributed by atoms with Crippen molar-refractivity contribution in [3.63, 3.8) is 0 Å². The lowest BCUT2D eigenvalue weighted by Crippen LogP contribution is -2.55. The van der Waals surface area contributed by atoms with Crippen LogP contribution in [0.1, 0.15) is 81.9 Å². The van der Waals surface area contributed by atoms with Crippen molar-refractivity contribution in [2.24, 2.45) is 5.73 Å². The Morgan fingerprint density at radius 1 is 1.04 bits per heavy atom. The van der Waals surface area contributed by atoms with E-state index in [4.69, 9.17) is 5.73 Å². The molecule has 1 atom stereocenters. The second-order valence-electron chi connectivity index (χ2n) is 7.72. The van der Waals surface area contributed by atoms with Gasteiger partial charge in [-0.25, -0.2) is 0 Å². The summed E-state index contributed by atoms with van der Waals surface area (Å²) in [5.41, 5.74) is 3.99. The molecule has 1 unspecified atom stereocenters. The lowest BCUT2D eigenvalue weighted by Gasteiger charge is -2.27. The van der Waals surface area contributed by atoms with E-state index in [0.717, 1.165) is 16.7 Å². The summed E-state index contributed by atoms with van der Waals surface area (Å²) >= 11 is 0. The molecule has 0 saturated carbocycles. The van der Waals surface area contributed by atoms with Crippen LogP contribution >= 0.6 is 0 Å². The minimum atomic E-state index is -5.08. The number of carbonyl (C=O) groups excluding carboxylic acids is 1. The lowest BCUT2D eigenvalue weighted by molar-refractivity contribution is -0.252. The van der Waals surface area contributed by atoms with E-state index >= 15 is 0 Å². The van der Waals surface area contributed by atoms with E-state index in [2.05, 4.69) is 0 Å². The summed E-state index contributed by atoms with van der Waals surface area (Å²) in [5, 5.41) is 19.9. The van der Waals surface area contributed by atoms with E-state index in [0.29, 0.717) is 25.0 Å². The van der Waals surface area contributed by atoms with Crippen LogP contribution in [0, 0.1) is 0 Å². The van der Waals surface area contributed by atoms with Crippen LogP contribution in [0.3, 0.4) is 0 Å². The first-order valence-electron chi connectivity index (χ1n) is 9.26. The Kier molecular flexibility index (Phi) is 7.72. The van der Waals surface area contributed by atoms with Crippen molar-refractivity contribution >= 4 is 5.91 Å². The van der Waals surface area contributed by atoms with Gasteiger partial charge < -0.3 is 15.9 Å². The fraction of sp³-hybridized carbons (Fsp3) is 0.650. The third-order valence-electron chi connectivity index (χ3n) is 4.85. The van der Waals surface area contributed by atoms with Crippen LogP contribution in [0.5, 0.6) is 5.75 Å². The minimum absolute atomic E-state index is 0.0328. The largest absolute Gasteiger partial charge is 0.507 e. The number of hydrogen-bond donors (Lipinski definition) is 3. The number of unbranched alkanes of at least 4 members (excludes halogenated alkanes) is 2. The van der Waals surface area contributed by atoms with E-state index in [9.17, 15) is 28.2 Å². The summed E-state index contributed by atoms with van der Waals surface area (Å²) in [4.78, 5) is 11.0. The Morgan fingerprint density at radius 3 is 1.89 bits per heavy atom. The van der Waals surface area contributed by atoms with Gasteiger partial charge in [-0.2, -0.15) is 13.2 Å². The summed E-state index contributed by atoms with van der Waals surface area (Å²) in [6, 6.07) is 3.86. The van der Waals surface area contributed by atoms with Crippen molar-refractivity contribution in [1.29, 1.82) is 0 Å². The van der Waals surface area contributed by atoms with Crippen LogP contribution in [0.15, 0.2) is 12.1 Å².